The van der Waals surface area contributed by atoms with Gasteiger partial charge in [0, 0.05) is 12.2 Å². The van der Waals surface area contributed by atoms with Gasteiger partial charge in [0.2, 0.25) is 11.8 Å². The quantitative estimate of drug-likeness (QED) is 0.401. The smallest absolute Gasteiger partial charge is 0.417 e. The molecular weight excluding hydrogens is 441 g/mol. The lowest BCUT2D eigenvalue weighted by atomic mass is 9.85. The fraction of sp³-hybridized carbons (Fsp3) is 0.400. The number of amides is 3. The van der Waals surface area contributed by atoms with Crippen LogP contribution in [0, 0.1) is 11.8 Å². The molecule has 2 aliphatic rings. The molecule has 166 valence electrons. The van der Waals surface area contributed by atoms with Crippen LogP contribution in [0.1, 0.15) is 24.8 Å². The summed E-state index contributed by atoms with van der Waals surface area (Å²) < 4.78 is 43.4. The van der Waals surface area contributed by atoms with Crippen LogP contribution < -0.4 is 5.32 Å². The van der Waals surface area contributed by atoms with E-state index in [1.54, 1.807) is 0 Å². The second-order valence-corrected chi connectivity index (χ2v) is 7.54. The number of hydrogen-bond donors (Lipinski definition) is 1. The zero-order chi connectivity index (χ0) is 22.8. The Bertz CT molecular complexity index is 921. The van der Waals surface area contributed by atoms with Crippen molar-refractivity contribution in [3.8, 4) is 0 Å². The molecule has 1 aliphatic carbocycles. The first-order valence-electron chi connectivity index (χ1n) is 9.40. The number of fused-ring (bicyclic) bond motifs is 1. The zero-order valence-corrected chi connectivity index (χ0v) is 16.8. The summed E-state index contributed by atoms with van der Waals surface area (Å²) in [6, 6.07) is 2.83. The standard InChI is InChI=1S/C20H18ClF3N2O5/c21-15-6-5-11(9-14(15)20(22,23)24)25-16(27)10-31-17(28)7-8-26-18(29)12-3-1-2-4-13(12)19(26)30/h1-2,5-6,9,12-13H,3-4,7-8,10H2,(H,25,27). The van der Waals surface area contributed by atoms with Crippen molar-refractivity contribution >= 4 is 41.0 Å². The van der Waals surface area contributed by atoms with Gasteiger partial charge in [-0.15, -0.1) is 0 Å². The summed E-state index contributed by atoms with van der Waals surface area (Å²) in [7, 11) is 0. The molecule has 0 aromatic heterocycles. The molecule has 2 unspecified atom stereocenters. The third-order valence-corrected chi connectivity index (χ3v) is 5.39. The number of carbonyl (C=O) groups excluding carboxylic acids is 4. The average Bonchev–Trinajstić information content (AvgIpc) is 2.96. The highest BCUT2D eigenvalue weighted by molar-refractivity contribution is 6.31. The molecule has 0 spiro atoms. The zero-order valence-electron chi connectivity index (χ0n) is 16.1. The van der Waals surface area contributed by atoms with E-state index in [4.69, 9.17) is 16.3 Å². The fourth-order valence-corrected chi connectivity index (χ4v) is 3.75. The predicted octanol–water partition coefficient (Wildman–Crippen LogP) is 3.18. The number of nitrogens with one attached hydrogen (secondary N) is 1. The lowest BCUT2D eigenvalue weighted by molar-refractivity contribution is -0.148. The Hall–Kier alpha value is -2.88. The molecule has 1 aromatic carbocycles. The van der Waals surface area contributed by atoms with Crippen LogP contribution in [0.5, 0.6) is 0 Å². The number of likely N-dealkylation sites (tertiary alicyclic amines) is 1. The van der Waals surface area contributed by atoms with Gasteiger partial charge in [-0.3, -0.25) is 24.1 Å². The number of hydrogen-bond acceptors (Lipinski definition) is 5. The molecule has 3 amide bonds. The minimum absolute atomic E-state index is 0.156. The second kappa shape index (κ2) is 9.09. The molecule has 0 saturated carbocycles. The first-order chi connectivity index (χ1) is 14.6. The highest BCUT2D eigenvalue weighted by Gasteiger charge is 2.47. The Balaban J connectivity index is 1.46. The third kappa shape index (κ3) is 5.25. The summed E-state index contributed by atoms with van der Waals surface area (Å²) >= 11 is 5.51. The average molecular weight is 459 g/mol. The second-order valence-electron chi connectivity index (χ2n) is 7.14. The van der Waals surface area contributed by atoms with Crippen molar-refractivity contribution in [1.29, 1.82) is 0 Å². The van der Waals surface area contributed by atoms with Gasteiger partial charge in [-0.05, 0) is 31.0 Å². The first-order valence-corrected chi connectivity index (χ1v) is 9.78. The van der Waals surface area contributed by atoms with Gasteiger partial charge in [-0.2, -0.15) is 13.2 Å². The van der Waals surface area contributed by atoms with Gasteiger partial charge in [-0.1, -0.05) is 23.8 Å². The summed E-state index contributed by atoms with van der Waals surface area (Å²) in [5.41, 5.74) is -1.28. The predicted molar refractivity (Wildman–Crippen MR) is 103 cm³/mol. The normalized spacial score (nSPS) is 20.6. The molecule has 2 atom stereocenters. The van der Waals surface area contributed by atoms with Gasteiger partial charge in [0.15, 0.2) is 6.61 Å². The molecule has 3 rings (SSSR count). The molecule has 1 aromatic rings. The van der Waals surface area contributed by atoms with Crippen LogP contribution in [0.25, 0.3) is 0 Å². The van der Waals surface area contributed by atoms with Crippen molar-refractivity contribution in [3.63, 3.8) is 0 Å². The van der Waals surface area contributed by atoms with Crippen LogP contribution >= 0.6 is 11.6 Å². The summed E-state index contributed by atoms with van der Waals surface area (Å²) in [6.45, 7) is -0.892. The first kappa shape index (κ1) is 22.8. The topological polar surface area (TPSA) is 92.8 Å². The van der Waals surface area contributed by atoms with Gasteiger partial charge >= 0.3 is 12.1 Å². The SMILES string of the molecule is O=C(COC(=O)CCN1C(=O)C2CC=CCC2C1=O)Nc1ccc(Cl)c(C(F)(F)F)c1. The molecule has 1 saturated heterocycles. The molecule has 1 heterocycles. The van der Waals surface area contributed by atoms with Crippen molar-refractivity contribution < 1.29 is 37.1 Å². The number of carbonyl (C=O) groups is 4. The molecule has 7 nitrogen and oxygen atoms in total. The minimum atomic E-state index is -4.69. The van der Waals surface area contributed by atoms with Gasteiger partial charge in [0.1, 0.15) is 0 Å². The number of halogens is 4. The molecule has 1 aliphatic heterocycles. The Morgan fingerprint density at radius 1 is 1.13 bits per heavy atom. The maximum absolute atomic E-state index is 12.9. The lowest BCUT2D eigenvalue weighted by Crippen LogP contribution is -2.33. The number of ether oxygens (including phenoxy) is 1. The van der Waals surface area contributed by atoms with E-state index in [1.165, 1.54) is 6.07 Å². The minimum Gasteiger partial charge on any atom is -0.456 e. The summed E-state index contributed by atoms with van der Waals surface area (Å²) in [6.07, 6.45) is -0.324. The van der Waals surface area contributed by atoms with Gasteiger partial charge < -0.3 is 10.1 Å². The van der Waals surface area contributed by atoms with Gasteiger partial charge in [-0.25, -0.2) is 0 Å². The number of nitrogens with zero attached hydrogens (tertiary/aromatic N) is 1. The van der Waals surface area contributed by atoms with Crippen molar-refractivity contribution in [2.45, 2.75) is 25.4 Å². The number of imide groups is 1. The van der Waals surface area contributed by atoms with E-state index < -0.39 is 47.1 Å². The van der Waals surface area contributed by atoms with Crippen LogP contribution in [0.15, 0.2) is 30.4 Å². The van der Waals surface area contributed by atoms with Gasteiger partial charge in [0.05, 0.1) is 28.8 Å². The van der Waals surface area contributed by atoms with E-state index in [-0.39, 0.29) is 30.5 Å². The summed E-state index contributed by atoms with van der Waals surface area (Å²) in [4.78, 5) is 49.4. The van der Waals surface area contributed by atoms with E-state index >= 15 is 0 Å². The van der Waals surface area contributed by atoms with E-state index in [0.717, 1.165) is 11.0 Å². The van der Waals surface area contributed by atoms with E-state index in [1.807, 2.05) is 12.2 Å². The van der Waals surface area contributed by atoms with Crippen LogP contribution in [0.4, 0.5) is 18.9 Å². The van der Waals surface area contributed by atoms with E-state index in [0.29, 0.717) is 18.9 Å². The lowest BCUT2D eigenvalue weighted by Gasteiger charge is -2.14. The molecule has 11 heteroatoms. The molecule has 0 radical (unpaired) electrons. The number of alkyl halides is 3. The van der Waals surface area contributed by atoms with Crippen molar-refractivity contribution in [3.05, 3.63) is 40.9 Å². The van der Waals surface area contributed by atoms with Crippen LogP contribution in [-0.4, -0.2) is 41.7 Å². The molecule has 1 N–H and O–H groups in total. The Kier molecular flexibility index (Phi) is 6.68. The van der Waals surface area contributed by atoms with E-state index in [9.17, 15) is 32.3 Å². The fourth-order valence-electron chi connectivity index (χ4n) is 3.53. The number of esters is 1. The van der Waals surface area contributed by atoms with Crippen molar-refractivity contribution in [2.24, 2.45) is 11.8 Å². The maximum Gasteiger partial charge on any atom is 0.417 e. The molecule has 31 heavy (non-hydrogen) atoms. The molecule has 0 bridgehead atoms. The summed E-state index contributed by atoms with van der Waals surface area (Å²) in [5.74, 6) is -3.13. The van der Waals surface area contributed by atoms with Crippen LogP contribution in [-0.2, 0) is 30.1 Å². The molecule has 1 fully saturated rings. The third-order valence-electron chi connectivity index (χ3n) is 5.06. The Morgan fingerprint density at radius 3 is 2.32 bits per heavy atom. The van der Waals surface area contributed by atoms with Crippen molar-refractivity contribution in [1.82, 2.24) is 4.90 Å². The maximum atomic E-state index is 12.9. The largest absolute Gasteiger partial charge is 0.456 e. The van der Waals surface area contributed by atoms with Crippen molar-refractivity contribution in [2.75, 3.05) is 18.5 Å². The number of allylic oxidation sites excluding steroid dienone is 2. The van der Waals surface area contributed by atoms with Crippen LogP contribution in [0.3, 0.4) is 0 Å². The highest BCUT2D eigenvalue weighted by atomic mass is 35.5. The summed E-state index contributed by atoms with van der Waals surface area (Å²) in [5, 5.41) is 1.67. The Morgan fingerprint density at radius 2 is 1.74 bits per heavy atom. The monoisotopic (exact) mass is 458 g/mol. The van der Waals surface area contributed by atoms with Gasteiger partial charge in [0.25, 0.3) is 5.91 Å². The number of benzene rings is 1. The molecular formula is C20H18ClF3N2O5. The number of rotatable bonds is 6. The number of anilines is 1. The van der Waals surface area contributed by atoms with E-state index in [2.05, 4.69) is 5.32 Å². The van der Waals surface area contributed by atoms with Crippen LogP contribution in [0.2, 0.25) is 5.02 Å². The highest BCUT2D eigenvalue weighted by Crippen LogP contribution is 2.36. The Labute approximate surface area is 180 Å².